The zero-order valence-electron chi connectivity index (χ0n) is 11.4. The van der Waals surface area contributed by atoms with E-state index in [0.29, 0.717) is 16.9 Å². The first-order valence-electron chi connectivity index (χ1n) is 7.20. The Bertz CT molecular complexity index is 490. The van der Waals surface area contributed by atoms with Crippen molar-refractivity contribution in [3.63, 3.8) is 0 Å². The summed E-state index contributed by atoms with van der Waals surface area (Å²) in [5.74, 6) is 1.05. The molecule has 0 radical (unpaired) electrons. The monoisotopic (exact) mass is 293 g/mol. The summed E-state index contributed by atoms with van der Waals surface area (Å²) in [6.45, 7) is 1.61. The van der Waals surface area contributed by atoms with Crippen molar-refractivity contribution in [3.8, 4) is 0 Å². The zero-order valence-corrected chi connectivity index (χ0v) is 12.1. The molecule has 20 heavy (non-hydrogen) atoms. The molecule has 1 saturated heterocycles. The van der Waals surface area contributed by atoms with Crippen molar-refractivity contribution in [2.24, 2.45) is 17.6 Å². The van der Waals surface area contributed by atoms with E-state index in [4.69, 9.17) is 17.3 Å². The molecule has 2 aliphatic rings. The lowest BCUT2D eigenvalue weighted by molar-refractivity contribution is 0.219. The van der Waals surface area contributed by atoms with E-state index >= 15 is 0 Å². The third-order valence-electron chi connectivity index (χ3n) is 4.54. The number of carbonyl (C=O) groups excluding carboxylic acids is 1. The first-order valence-corrected chi connectivity index (χ1v) is 7.58. The van der Waals surface area contributed by atoms with Crippen LogP contribution in [0.3, 0.4) is 0 Å². The number of carbonyl (C=O) groups is 1. The van der Waals surface area contributed by atoms with E-state index in [1.165, 1.54) is 12.8 Å². The van der Waals surface area contributed by atoms with Gasteiger partial charge in [-0.05, 0) is 48.9 Å². The fourth-order valence-corrected chi connectivity index (χ4v) is 3.54. The normalized spacial score (nSPS) is 29.1. The molecule has 108 valence electrons. The molecule has 0 aromatic heterocycles. The maximum absolute atomic E-state index is 12.3. The second-order valence-electron chi connectivity index (χ2n) is 5.86. The number of halogens is 1. The number of hydrogen-bond acceptors (Lipinski definition) is 2. The van der Waals surface area contributed by atoms with Gasteiger partial charge in [0, 0.05) is 29.8 Å². The second kappa shape index (κ2) is 5.62. The van der Waals surface area contributed by atoms with Gasteiger partial charge in [-0.25, -0.2) is 4.79 Å². The summed E-state index contributed by atoms with van der Waals surface area (Å²) in [7, 11) is 0. The SMILES string of the molecule is NC1CCCC2CN(C(=O)Nc3ccc(Cl)cc3)CC12. The van der Waals surface area contributed by atoms with Gasteiger partial charge in [-0.15, -0.1) is 0 Å². The molecular formula is C15H20ClN3O. The molecule has 3 atom stereocenters. The van der Waals surface area contributed by atoms with Crippen LogP contribution in [0.4, 0.5) is 10.5 Å². The number of nitrogens with zero attached hydrogens (tertiary/aromatic N) is 1. The Morgan fingerprint density at radius 3 is 2.70 bits per heavy atom. The van der Waals surface area contributed by atoms with Crippen LogP contribution in [-0.2, 0) is 0 Å². The lowest BCUT2D eigenvalue weighted by Gasteiger charge is -2.29. The smallest absolute Gasteiger partial charge is 0.321 e. The van der Waals surface area contributed by atoms with Crippen molar-refractivity contribution in [3.05, 3.63) is 29.3 Å². The first kappa shape index (κ1) is 13.7. The van der Waals surface area contributed by atoms with Crippen LogP contribution in [0.15, 0.2) is 24.3 Å². The highest BCUT2D eigenvalue weighted by atomic mass is 35.5. The molecule has 3 unspecified atom stereocenters. The fourth-order valence-electron chi connectivity index (χ4n) is 3.42. The van der Waals surface area contributed by atoms with Gasteiger partial charge in [0.25, 0.3) is 0 Å². The maximum atomic E-state index is 12.3. The molecule has 2 fully saturated rings. The van der Waals surface area contributed by atoms with Gasteiger partial charge in [0.05, 0.1) is 0 Å². The zero-order chi connectivity index (χ0) is 14.1. The summed E-state index contributed by atoms with van der Waals surface area (Å²) in [4.78, 5) is 14.2. The second-order valence-corrected chi connectivity index (χ2v) is 6.30. The van der Waals surface area contributed by atoms with Gasteiger partial charge >= 0.3 is 6.03 Å². The fraction of sp³-hybridized carbons (Fsp3) is 0.533. The Labute approximate surface area is 124 Å². The van der Waals surface area contributed by atoms with Crippen LogP contribution in [-0.4, -0.2) is 30.1 Å². The molecule has 1 heterocycles. The molecule has 5 heteroatoms. The lowest BCUT2D eigenvalue weighted by atomic mass is 9.78. The molecule has 0 spiro atoms. The van der Waals surface area contributed by atoms with Crippen LogP contribution < -0.4 is 11.1 Å². The quantitative estimate of drug-likeness (QED) is 0.836. The summed E-state index contributed by atoms with van der Waals surface area (Å²) in [6, 6.07) is 7.40. The van der Waals surface area contributed by atoms with Crippen LogP contribution in [0.5, 0.6) is 0 Å². The minimum Gasteiger partial charge on any atom is -0.327 e. The van der Waals surface area contributed by atoms with Crippen molar-refractivity contribution in [1.29, 1.82) is 0 Å². The predicted octanol–water partition coefficient (Wildman–Crippen LogP) is 2.93. The molecule has 1 saturated carbocycles. The van der Waals surface area contributed by atoms with Gasteiger partial charge in [0.15, 0.2) is 0 Å². The Balaban J connectivity index is 1.62. The summed E-state index contributed by atoms with van der Waals surface area (Å²) in [5, 5.41) is 3.59. The minimum absolute atomic E-state index is 0.0334. The van der Waals surface area contributed by atoms with Crippen molar-refractivity contribution in [1.82, 2.24) is 4.90 Å². The van der Waals surface area contributed by atoms with Gasteiger partial charge in [-0.1, -0.05) is 18.0 Å². The number of nitrogens with one attached hydrogen (secondary N) is 1. The van der Waals surface area contributed by atoms with Crippen molar-refractivity contribution in [2.75, 3.05) is 18.4 Å². The molecule has 4 nitrogen and oxygen atoms in total. The van der Waals surface area contributed by atoms with Crippen molar-refractivity contribution < 1.29 is 4.79 Å². The number of benzene rings is 1. The van der Waals surface area contributed by atoms with Crippen LogP contribution in [0.25, 0.3) is 0 Å². The minimum atomic E-state index is -0.0334. The predicted molar refractivity (Wildman–Crippen MR) is 80.9 cm³/mol. The molecule has 1 aliphatic heterocycles. The lowest BCUT2D eigenvalue weighted by Crippen LogP contribution is -2.39. The number of rotatable bonds is 1. The van der Waals surface area contributed by atoms with E-state index in [9.17, 15) is 4.79 Å². The Morgan fingerprint density at radius 1 is 1.25 bits per heavy atom. The summed E-state index contributed by atoms with van der Waals surface area (Å²) in [5.41, 5.74) is 6.95. The topological polar surface area (TPSA) is 58.4 Å². The molecule has 3 N–H and O–H groups in total. The maximum Gasteiger partial charge on any atom is 0.321 e. The van der Waals surface area contributed by atoms with Gasteiger partial charge in [0.2, 0.25) is 0 Å². The number of urea groups is 1. The van der Waals surface area contributed by atoms with Crippen LogP contribution in [0.1, 0.15) is 19.3 Å². The third kappa shape index (κ3) is 2.76. The van der Waals surface area contributed by atoms with Crippen molar-refractivity contribution >= 4 is 23.3 Å². The van der Waals surface area contributed by atoms with Crippen LogP contribution in [0.2, 0.25) is 5.02 Å². The average Bonchev–Trinajstić information content (AvgIpc) is 2.87. The number of anilines is 1. The van der Waals surface area contributed by atoms with Crippen molar-refractivity contribution in [2.45, 2.75) is 25.3 Å². The molecule has 2 amide bonds. The third-order valence-corrected chi connectivity index (χ3v) is 4.79. The Hall–Kier alpha value is -1.26. The largest absolute Gasteiger partial charge is 0.327 e. The molecular weight excluding hydrogens is 274 g/mol. The molecule has 1 aromatic rings. The number of likely N-dealkylation sites (tertiary alicyclic amines) is 1. The number of hydrogen-bond donors (Lipinski definition) is 2. The van der Waals surface area contributed by atoms with E-state index in [1.54, 1.807) is 12.1 Å². The first-order chi connectivity index (χ1) is 9.63. The van der Waals surface area contributed by atoms with Crippen LogP contribution in [0, 0.1) is 11.8 Å². The highest BCUT2D eigenvalue weighted by molar-refractivity contribution is 6.30. The summed E-state index contributed by atoms with van der Waals surface area (Å²) < 4.78 is 0. The van der Waals surface area contributed by atoms with E-state index in [2.05, 4.69) is 5.32 Å². The standard InChI is InChI=1S/C15H20ClN3O/c16-11-4-6-12(7-5-11)18-15(20)19-8-10-2-1-3-14(17)13(10)9-19/h4-7,10,13-14H,1-3,8-9,17H2,(H,18,20). The molecule has 1 aromatic carbocycles. The Kier molecular flexibility index (Phi) is 3.85. The molecule has 1 aliphatic carbocycles. The average molecular weight is 294 g/mol. The molecule has 0 bridgehead atoms. The number of nitrogens with two attached hydrogens (primary N) is 1. The van der Waals surface area contributed by atoms with Gasteiger partial charge in [-0.3, -0.25) is 0 Å². The van der Waals surface area contributed by atoms with E-state index < -0.39 is 0 Å². The number of fused-ring (bicyclic) bond motifs is 1. The van der Waals surface area contributed by atoms with Crippen LogP contribution >= 0.6 is 11.6 Å². The highest BCUT2D eigenvalue weighted by Gasteiger charge is 2.40. The summed E-state index contributed by atoms with van der Waals surface area (Å²) in [6.07, 6.45) is 3.48. The van der Waals surface area contributed by atoms with Gasteiger partial charge in [-0.2, -0.15) is 0 Å². The number of amides is 2. The van der Waals surface area contributed by atoms with E-state index in [1.807, 2.05) is 17.0 Å². The Morgan fingerprint density at radius 2 is 2.00 bits per heavy atom. The summed E-state index contributed by atoms with van der Waals surface area (Å²) >= 11 is 5.84. The van der Waals surface area contributed by atoms with E-state index in [0.717, 1.165) is 25.2 Å². The van der Waals surface area contributed by atoms with E-state index in [-0.39, 0.29) is 12.1 Å². The highest BCUT2D eigenvalue weighted by Crippen LogP contribution is 2.35. The van der Waals surface area contributed by atoms with Gasteiger partial charge in [0.1, 0.15) is 0 Å². The molecule has 3 rings (SSSR count). The van der Waals surface area contributed by atoms with Gasteiger partial charge < -0.3 is 16.0 Å².